The molecule has 4 nitrogen and oxygen atoms in total. The van der Waals surface area contributed by atoms with Gasteiger partial charge in [-0.3, -0.25) is 0 Å². The smallest absolute Gasteiger partial charge is 0.427 e. The molecule has 0 aliphatic heterocycles. The van der Waals surface area contributed by atoms with E-state index in [1.165, 1.54) is 18.8 Å². The maximum atomic E-state index is 10.2. The first-order chi connectivity index (χ1) is 4.57. The maximum absolute atomic E-state index is 10.2. The fourth-order valence-electron chi connectivity index (χ4n) is 0.295. The third kappa shape index (κ3) is 3.34. The summed E-state index contributed by atoms with van der Waals surface area (Å²) in [5, 5.41) is 13.7. The third-order valence-electron chi connectivity index (χ3n) is 0.863. The largest absolute Gasteiger partial charge is 0.464 e. The van der Waals surface area contributed by atoms with E-state index in [1.54, 1.807) is 6.92 Å². The molecule has 10 heavy (non-hydrogen) atoms. The Morgan fingerprint density at radius 2 is 2.20 bits per heavy atom. The minimum absolute atomic E-state index is 0.727. The fourth-order valence-corrected chi connectivity index (χ4v) is 0.499. The molecule has 58 valence electrons. The van der Waals surface area contributed by atoms with Crippen molar-refractivity contribution >= 4 is 22.9 Å². The van der Waals surface area contributed by atoms with Crippen LogP contribution in [0.15, 0.2) is 5.10 Å². The van der Waals surface area contributed by atoms with Gasteiger partial charge in [-0.2, -0.15) is 5.10 Å². The van der Waals surface area contributed by atoms with E-state index in [0.29, 0.717) is 0 Å². The minimum Gasteiger partial charge on any atom is -0.464 e. The molecule has 0 aromatic heterocycles. The molecule has 0 aromatic carbocycles. The van der Waals surface area contributed by atoms with Gasteiger partial charge in [0.1, 0.15) is 0 Å². The van der Waals surface area contributed by atoms with Crippen LogP contribution in [-0.2, 0) is 0 Å². The van der Waals surface area contributed by atoms with Crippen LogP contribution in [0.3, 0.4) is 0 Å². The zero-order valence-corrected chi connectivity index (χ0v) is 6.97. The highest BCUT2D eigenvalue weighted by molar-refractivity contribution is 8.13. The number of hydrazone groups is 1. The monoisotopic (exact) mass is 162 g/mol. The quantitative estimate of drug-likeness (QED) is 0.359. The summed E-state index contributed by atoms with van der Waals surface area (Å²) in [7, 11) is 1.39. The molecule has 0 aliphatic carbocycles. The number of thioether (sulfide) groups is 1. The second-order valence-electron chi connectivity index (χ2n) is 1.63. The molecular formula is C5H10N2O2S. The number of carbonyl (C=O) groups is 1. The van der Waals surface area contributed by atoms with Crippen LogP contribution in [0, 0.1) is 0 Å². The van der Waals surface area contributed by atoms with Crippen LogP contribution < -0.4 is 0 Å². The lowest BCUT2D eigenvalue weighted by Crippen LogP contribution is -2.19. The highest BCUT2D eigenvalue weighted by atomic mass is 32.2. The molecule has 0 saturated carbocycles. The number of carboxylic acid groups (broad SMARTS) is 1. The Labute approximate surface area is 63.9 Å². The number of nitrogens with zero attached hydrogens (tertiary/aromatic N) is 2. The average molecular weight is 162 g/mol. The highest BCUT2D eigenvalue weighted by Crippen LogP contribution is 1.98. The molecule has 0 atom stereocenters. The van der Waals surface area contributed by atoms with Gasteiger partial charge in [0.15, 0.2) is 0 Å². The van der Waals surface area contributed by atoms with Crippen LogP contribution in [0.25, 0.3) is 0 Å². The van der Waals surface area contributed by atoms with Crippen molar-refractivity contribution in [1.29, 1.82) is 0 Å². The highest BCUT2D eigenvalue weighted by Gasteiger charge is 2.01. The Balaban J connectivity index is 3.99. The fraction of sp³-hybridized carbons (Fsp3) is 0.600. The number of hydrogen-bond donors (Lipinski definition) is 1. The van der Waals surface area contributed by atoms with E-state index < -0.39 is 6.09 Å². The van der Waals surface area contributed by atoms with Crippen LogP contribution in [0.2, 0.25) is 0 Å². The van der Waals surface area contributed by atoms with Gasteiger partial charge in [0, 0.05) is 7.05 Å². The van der Waals surface area contributed by atoms with Crippen LogP contribution in [0.5, 0.6) is 0 Å². The minimum atomic E-state index is -1.05. The summed E-state index contributed by atoms with van der Waals surface area (Å²) in [5.41, 5.74) is 0. The summed E-state index contributed by atoms with van der Waals surface area (Å²) < 4.78 is 0. The number of amides is 1. The standard InChI is InChI=1S/C5H10N2O2S/c1-4(10-3)6-7(2)5(8)9/h1-3H3,(H,8,9)/b6-4+. The molecule has 0 fully saturated rings. The normalized spacial score (nSPS) is 11.3. The van der Waals surface area contributed by atoms with Crippen molar-refractivity contribution in [2.75, 3.05) is 13.3 Å². The van der Waals surface area contributed by atoms with Gasteiger partial charge in [-0.25, -0.2) is 9.80 Å². The van der Waals surface area contributed by atoms with Gasteiger partial charge < -0.3 is 5.11 Å². The van der Waals surface area contributed by atoms with Gasteiger partial charge in [-0.1, -0.05) is 0 Å². The van der Waals surface area contributed by atoms with E-state index in [0.717, 1.165) is 10.1 Å². The van der Waals surface area contributed by atoms with Crippen LogP contribution >= 0.6 is 11.8 Å². The van der Waals surface area contributed by atoms with Crippen molar-refractivity contribution in [2.24, 2.45) is 5.10 Å². The summed E-state index contributed by atoms with van der Waals surface area (Å²) in [5.74, 6) is 0. The second kappa shape index (κ2) is 4.16. The Morgan fingerprint density at radius 1 is 1.70 bits per heavy atom. The molecule has 0 aromatic rings. The summed E-state index contributed by atoms with van der Waals surface area (Å²) in [6.07, 6.45) is 0.794. The summed E-state index contributed by atoms with van der Waals surface area (Å²) in [4.78, 5) is 10.2. The average Bonchev–Trinajstić information content (AvgIpc) is 1.87. The Kier molecular flexibility index (Phi) is 3.87. The van der Waals surface area contributed by atoms with E-state index in [1.807, 2.05) is 6.26 Å². The molecule has 0 unspecified atom stereocenters. The Morgan fingerprint density at radius 3 is 2.50 bits per heavy atom. The molecule has 0 rings (SSSR count). The van der Waals surface area contributed by atoms with E-state index in [4.69, 9.17) is 5.11 Å². The molecule has 0 spiro atoms. The van der Waals surface area contributed by atoms with Crippen molar-refractivity contribution in [3.8, 4) is 0 Å². The van der Waals surface area contributed by atoms with Gasteiger partial charge in [0.05, 0.1) is 5.04 Å². The van der Waals surface area contributed by atoms with Crippen LogP contribution in [0.4, 0.5) is 4.79 Å². The Bertz CT molecular complexity index is 158. The maximum Gasteiger partial charge on any atom is 0.427 e. The van der Waals surface area contributed by atoms with Crippen molar-refractivity contribution in [2.45, 2.75) is 6.92 Å². The zero-order valence-electron chi connectivity index (χ0n) is 6.16. The molecule has 0 aliphatic rings. The first-order valence-corrected chi connectivity index (χ1v) is 3.86. The van der Waals surface area contributed by atoms with E-state index in [-0.39, 0.29) is 0 Å². The van der Waals surface area contributed by atoms with E-state index >= 15 is 0 Å². The summed E-state index contributed by atoms with van der Waals surface area (Å²) >= 11 is 1.42. The van der Waals surface area contributed by atoms with Crippen molar-refractivity contribution in [3.63, 3.8) is 0 Å². The predicted molar refractivity (Wildman–Crippen MR) is 42.4 cm³/mol. The lowest BCUT2D eigenvalue weighted by Gasteiger charge is -2.05. The second-order valence-corrected chi connectivity index (χ2v) is 2.63. The first kappa shape index (κ1) is 9.29. The van der Waals surface area contributed by atoms with Gasteiger partial charge in [0.2, 0.25) is 0 Å². The predicted octanol–water partition coefficient (Wildman–Crippen LogP) is 1.29. The summed E-state index contributed by atoms with van der Waals surface area (Å²) in [6.45, 7) is 1.75. The van der Waals surface area contributed by atoms with Crippen molar-refractivity contribution < 1.29 is 9.90 Å². The van der Waals surface area contributed by atoms with E-state index in [9.17, 15) is 4.79 Å². The molecule has 0 radical (unpaired) electrons. The molecule has 0 bridgehead atoms. The molecule has 0 heterocycles. The van der Waals surface area contributed by atoms with Crippen LogP contribution in [0.1, 0.15) is 6.92 Å². The third-order valence-corrected chi connectivity index (χ3v) is 1.54. The van der Waals surface area contributed by atoms with Gasteiger partial charge in [-0.15, -0.1) is 11.8 Å². The topological polar surface area (TPSA) is 52.9 Å². The number of rotatable bonds is 1. The molecule has 1 amide bonds. The zero-order chi connectivity index (χ0) is 8.15. The van der Waals surface area contributed by atoms with Crippen molar-refractivity contribution in [3.05, 3.63) is 0 Å². The summed E-state index contributed by atoms with van der Waals surface area (Å²) in [6, 6.07) is 0. The number of hydrogen-bond acceptors (Lipinski definition) is 3. The first-order valence-electron chi connectivity index (χ1n) is 2.63. The van der Waals surface area contributed by atoms with Crippen molar-refractivity contribution in [1.82, 2.24) is 5.01 Å². The lowest BCUT2D eigenvalue weighted by molar-refractivity contribution is 0.158. The molecule has 0 saturated heterocycles. The lowest BCUT2D eigenvalue weighted by atomic mass is 10.9. The van der Waals surface area contributed by atoms with Crippen LogP contribution in [-0.4, -0.2) is 34.6 Å². The molecule has 5 heteroatoms. The van der Waals surface area contributed by atoms with Gasteiger partial charge in [-0.05, 0) is 13.2 Å². The van der Waals surface area contributed by atoms with Gasteiger partial charge >= 0.3 is 6.09 Å². The van der Waals surface area contributed by atoms with E-state index in [2.05, 4.69) is 5.10 Å². The van der Waals surface area contributed by atoms with Gasteiger partial charge in [0.25, 0.3) is 0 Å². The SMILES string of the molecule is CS/C(C)=N/N(C)C(=O)O. The Hall–Kier alpha value is -0.710. The molecule has 1 N–H and O–H groups in total. The molecular weight excluding hydrogens is 152 g/mol.